The van der Waals surface area contributed by atoms with Crippen LogP contribution >= 0.6 is 0 Å². The van der Waals surface area contributed by atoms with Crippen molar-refractivity contribution in [3.63, 3.8) is 0 Å². The lowest BCUT2D eigenvalue weighted by molar-refractivity contribution is -0.143. The average molecular weight is 712 g/mol. The number of pyridine rings is 1. The molecule has 1 unspecified atom stereocenters. The third kappa shape index (κ3) is 7.23. The Hall–Kier alpha value is -4.40. The van der Waals surface area contributed by atoms with E-state index in [0.29, 0.717) is 29.9 Å². The molecule has 1 aromatic heterocycles. The summed E-state index contributed by atoms with van der Waals surface area (Å²) in [6.07, 6.45) is 5.05. The van der Waals surface area contributed by atoms with Gasteiger partial charge in [0.15, 0.2) is 0 Å². The standard InChI is InChI=1S/C35H45N5O9S/c1-6-21-18-35(21,32(43)39-50(45,46)25-11-12-25)38-29(41)27-17-24(48-30-26-13-10-23(47-5)16-20(26)14-15-36-30)19-40(27)31(42)28(34(2,3)4)37-33(44)49-22-8-7-9-22/h6,10,13-16,21-22,24-25,27-28H,1,7-9,11-12,17-19H2,2-5H3,(H,37,44)(H,38,41)(H,39,43)/t21-,24?,27+,28-,35-/m1/s1. The van der Waals surface area contributed by atoms with Crippen LogP contribution in [0, 0.1) is 11.3 Å². The zero-order valence-corrected chi connectivity index (χ0v) is 29.6. The quantitative estimate of drug-likeness (QED) is 0.277. The molecule has 5 atom stereocenters. The molecule has 3 saturated carbocycles. The van der Waals surface area contributed by atoms with E-state index < -0.39 is 74.1 Å². The van der Waals surface area contributed by atoms with Crippen LogP contribution in [0.15, 0.2) is 43.1 Å². The Morgan fingerprint density at radius 3 is 2.44 bits per heavy atom. The summed E-state index contributed by atoms with van der Waals surface area (Å²) in [4.78, 5) is 60.7. The molecular weight excluding hydrogens is 666 g/mol. The van der Waals surface area contributed by atoms with E-state index in [0.717, 1.165) is 24.6 Å². The summed E-state index contributed by atoms with van der Waals surface area (Å²) in [5, 5.41) is 6.40. The minimum absolute atomic E-state index is 0.0305. The number of fused-ring (bicyclic) bond motifs is 1. The Kier molecular flexibility index (Phi) is 9.48. The number of benzene rings is 1. The number of hydrogen-bond acceptors (Lipinski definition) is 10. The van der Waals surface area contributed by atoms with Crippen molar-refractivity contribution in [1.29, 1.82) is 0 Å². The molecule has 1 aromatic carbocycles. The summed E-state index contributed by atoms with van der Waals surface area (Å²) in [6.45, 7) is 9.12. The molecule has 14 nitrogen and oxygen atoms in total. The first-order chi connectivity index (χ1) is 23.6. The molecule has 3 N–H and O–H groups in total. The van der Waals surface area contributed by atoms with E-state index in [2.05, 4.69) is 26.9 Å². The highest BCUT2D eigenvalue weighted by atomic mass is 32.2. The van der Waals surface area contributed by atoms with Gasteiger partial charge in [0, 0.05) is 23.9 Å². The first-order valence-electron chi connectivity index (χ1n) is 17.0. The summed E-state index contributed by atoms with van der Waals surface area (Å²) in [7, 11) is -2.32. The van der Waals surface area contributed by atoms with E-state index in [1.807, 2.05) is 18.2 Å². The third-order valence-corrected chi connectivity index (χ3v) is 11.8. The van der Waals surface area contributed by atoms with Gasteiger partial charge in [-0.3, -0.25) is 19.1 Å². The highest BCUT2D eigenvalue weighted by Crippen LogP contribution is 2.45. The number of methoxy groups -OCH3 is 1. The second-order valence-corrected chi connectivity index (χ2v) is 16.7. The van der Waals surface area contributed by atoms with E-state index in [1.54, 1.807) is 40.1 Å². The van der Waals surface area contributed by atoms with Gasteiger partial charge in [-0.25, -0.2) is 18.2 Å². The Balaban J connectivity index is 1.27. The Labute approximate surface area is 291 Å². The highest BCUT2D eigenvalue weighted by Gasteiger charge is 2.62. The summed E-state index contributed by atoms with van der Waals surface area (Å²) in [5.74, 6) is -1.59. The minimum atomic E-state index is -3.89. The maximum Gasteiger partial charge on any atom is 0.408 e. The molecule has 0 bridgehead atoms. The Morgan fingerprint density at radius 1 is 1.10 bits per heavy atom. The lowest BCUT2D eigenvalue weighted by atomic mass is 9.85. The first-order valence-corrected chi connectivity index (χ1v) is 18.6. The van der Waals surface area contributed by atoms with Crippen LogP contribution in [0.3, 0.4) is 0 Å². The molecule has 6 rings (SSSR count). The van der Waals surface area contributed by atoms with Gasteiger partial charge in [-0.1, -0.05) is 26.8 Å². The van der Waals surface area contributed by atoms with E-state index in [1.165, 1.54) is 11.0 Å². The van der Waals surface area contributed by atoms with Crippen molar-refractivity contribution in [3.05, 3.63) is 43.1 Å². The Bertz CT molecular complexity index is 1800. The Morgan fingerprint density at radius 2 is 1.84 bits per heavy atom. The summed E-state index contributed by atoms with van der Waals surface area (Å²) in [6, 6.07) is 5.04. The fourth-order valence-electron chi connectivity index (χ4n) is 6.51. The van der Waals surface area contributed by atoms with Crippen molar-refractivity contribution in [2.24, 2.45) is 11.3 Å². The zero-order chi connectivity index (χ0) is 36.0. The normalized spacial score (nSPS) is 25.5. The smallest absolute Gasteiger partial charge is 0.408 e. The molecule has 50 heavy (non-hydrogen) atoms. The van der Waals surface area contributed by atoms with E-state index in [-0.39, 0.29) is 25.5 Å². The van der Waals surface area contributed by atoms with Crippen LogP contribution in [0.1, 0.15) is 65.7 Å². The van der Waals surface area contributed by atoms with Crippen molar-refractivity contribution in [2.75, 3.05) is 13.7 Å². The van der Waals surface area contributed by atoms with Crippen molar-refractivity contribution in [2.45, 2.75) is 101 Å². The van der Waals surface area contributed by atoms with E-state index >= 15 is 0 Å². The predicted octanol–water partition coefficient (Wildman–Crippen LogP) is 2.95. The molecule has 0 radical (unpaired) electrons. The van der Waals surface area contributed by atoms with Crippen LogP contribution in [-0.2, 0) is 29.1 Å². The molecule has 2 aromatic rings. The van der Waals surface area contributed by atoms with Crippen LogP contribution in [0.25, 0.3) is 10.8 Å². The van der Waals surface area contributed by atoms with Gasteiger partial charge in [-0.05, 0) is 73.6 Å². The second-order valence-electron chi connectivity index (χ2n) is 14.8. The predicted molar refractivity (Wildman–Crippen MR) is 183 cm³/mol. The fourth-order valence-corrected chi connectivity index (χ4v) is 7.87. The molecule has 15 heteroatoms. The maximum absolute atomic E-state index is 14.4. The van der Waals surface area contributed by atoms with Gasteiger partial charge in [0.25, 0.3) is 5.91 Å². The number of sulfonamides is 1. The van der Waals surface area contributed by atoms with Crippen LogP contribution in [0.4, 0.5) is 4.79 Å². The van der Waals surface area contributed by atoms with Gasteiger partial charge in [0.1, 0.15) is 35.6 Å². The van der Waals surface area contributed by atoms with Gasteiger partial charge >= 0.3 is 6.09 Å². The topological polar surface area (TPSA) is 182 Å². The molecule has 3 aliphatic carbocycles. The molecule has 4 amide bonds. The molecular formula is C35H45N5O9S. The molecule has 270 valence electrons. The number of alkyl carbamates (subject to hydrolysis) is 1. The molecule has 4 aliphatic rings. The van der Waals surface area contributed by atoms with Crippen molar-refractivity contribution in [3.8, 4) is 11.6 Å². The van der Waals surface area contributed by atoms with Gasteiger partial charge < -0.3 is 29.7 Å². The van der Waals surface area contributed by atoms with Crippen LogP contribution in [0.5, 0.6) is 11.6 Å². The van der Waals surface area contributed by atoms with Crippen molar-refractivity contribution < 1.29 is 41.8 Å². The number of carbonyl (C=O) groups is 4. The number of nitrogens with zero attached hydrogens (tertiary/aromatic N) is 2. The largest absolute Gasteiger partial charge is 0.497 e. The lowest BCUT2D eigenvalue weighted by Gasteiger charge is -2.36. The van der Waals surface area contributed by atoms with Gasteiger partial charge in [0.2, 0.25) is 27.7 Å². The highest BCUT2D eigenvalue weighted by molar-refractivity contribution is 7.91. The fraction of sp³-hybridized carbons (Fsp3) is 0.571. The zero-order valence-electron chi connectivity index (χ0n) is 28.8. The number of nitrogens with one attached hydrogen (secondary N) is 3. The van der Waals surface area contributed by atoms with Gasteiger partial charge in [-0.15, -0.1) is 6.58 Å². The maximum atomic E-state index is 14.4. The second kappa shape index (κ2) is 13.4. The summed E-state index contributed by atoms with van der Waals surface area (Å²) < 4.78 is 44.7. The number of hydrogen-bond donors (Lipinski definition) is 3. The van der Waals surface area contributed by atoms with Crippen molar-refractivity contribution >= 4 is 44.6 Å². The number of likely N-dealkylation sites (tertiary alicyclic amines) is 1. The number of ether oxygens (including phenoxy) is 3. The van der Waals surface area contributed by atoms with E-state index in [4.69, 9.17) is 14.2 Å². The van der Waals surface area contributed by atoms with E-state index in [9.17, 15) is 27.6 Å². The van der Waals surface area contributed by atoms with Crippen LogP contribution in [0.2, 0.25) is 0 Å². The molecule has 2 heterocycles. The molecule has 4 fully saturated rings. The van der Waals surface area contributed by atoms with Crippen molar-refractivity contribution in [1.82, 2.24) is 25.2 Å². The van der Waals surface area contributed by atoms with Crippen LogP contribution < -0.4 is 24.8 Å². The number of amides is 4. The van der Waals surface area contributed by atoms with Crippen LogP contribution in [-0.4, -0.2) is 90.9 Å². The third-order valence-electron chi connectivity index (χ3n) is 10.0. The molecule has 0 spiro atoms. The lowest BCUT2D eigenvalue weighted by Crippen LogP contribution is -2.60. The molecule has 1 saturated heterocycles. The molecule has 1 aliphatic heterocycles. The minimum Gasteiger partial charge on any atom is -0.497 e. The monoisotopic (exact) mass is 711 g/mol. The SMILES string of the molecule is C=C[C@@H]1C[C@]1(NC(=O)[C@@H]1CC(Oc2nccc3cc(OC)ccc23)CN1C(=O)[C@@H](NC(=O)OC1CCC1)C(C)(C)C)C(=O)NS(=O)(=O)C1CC1. The number of carbonyl (C=O) groups excluding carboxylic acids is 4. The summed E-state index contributed by atoms with van der Waals surface area (Å²) >= 11 is 0. The number of rotatable bonds is 12. The number of aromatic nitrogens is 1. The van der Waals surface area contributed by atoms with Gasteiger partial charge in [0.05, 0.1) is 18.9 Å². The first kappa shape index (κ1) is 35.4. The average Bonchev–Trinajstić information content (AvgIpc) is 3.97. The van der Waals surface area contributed by atoms with Gasteiger partial charge in [-0.2, -0.15) is 0 Å². The summed E-state index contributed by atoms with van der Waals surface area (Å²) in [5.41, 5.74) is -2.33.